The van der Waals surface area contributed by atoms with Crippen LogP contribution < -0.4 is 5.32 Å². The Hall–Kier alpha value is -1.39. The van der Waals surface area contributed by atoms with Gasteiger partial charge in [-0.2, -0.15) is 0 Å². The van der Waals surface area contributed by atoms with E-state index in [4.69, 9.17) is 0 Å². The zero-order valence-electron chi connectivity index (χ0n) is 12.0. The molecule has 5 nitrogen and oxygen atoms in total. The number of imide groups is 2. The maximum absolute atomic E-state index is 12.9. The number of carbonyl (C=O) groups excluding carboxylic acids is 3. The molecule has 2 saturated carbocycles. The summed E-state index contributed by atoms with van der Waals surface area (Å²) in [6, 6.07) is -0.512. The Morgan fingerprint density at radius 2 is 1.45 bits per heavy atom. The van der Waals surface area contributed by atoms with E-state index in [9.17, 15) is 14.4 Å². The maximum atomic E-state index is 12.9. The fourth-order valence-corrected chi connectivity index (χ4v) is 4.12. The fourth-order valence-electron chi connectivity index (χ4n) is 4.12. The molecule has 20 heavy (non-hydrogen) atoms. The number of amides is 4. The maximum Gasteiger partial charge on any atom is 0.331 e. The van der Waals surface area contributed by atoms with E-state index >= 15 is 0 Å². The van der Waals surface area contributed by atoms with Crippen LogP contribution >= 0.6 is 0 Å². The van der Waals surface area contributed by atoms with Crippen LogP contribution in [0.5, 0.6) is 0 Å². The van der Waals surface area contributed by atoms with Crippen LogP contribution in [-0.4, -0.2) is 28.3 Å². The lowest BCUT2D eigenvalue weighted by Gasteiger charge is -2.47. The number of urea groups is 1. The number of hydrogen-bond donors (Lipinski definition) is 1. The first kappa shape index (κ1) is 13.6. The largest absolute Gasteiger partial charge is 0.331 e. The third-order valence-corrected chi connectivity index (χ3v) is 5.40. The number of carbonyl (C=O) groups is 3. The summed E-state index contributed by atoms with van der Waals surface area (Å²) in [5.74, 6) is -0.617. The van der Waals surface area contributed by atoms with E-state index in [-0.39, 0.29) is 11.8 Å². The molecule has 2 aliphatic carbocycles. The second-order valence-electron chi connectivity index (χ2n) is 6.75. The van der Waals surface area contributed by atoms with Gasteiger partial charge in [0.2, 0.25) is 11.8 Å². The Balaban J connectivity index is 1.95. The molecule has 1 saturated heterocycles. The topological polar surface area (TPSA) is 66.5 Å². The number of nitrogens with one attached hydrogen (secondary N) is 1. The van der Waals surface area contributed by atoms with Crippen LogP contribution in [0.15, 0.2) is 0 Å². The van der Waals surface area contributed by atoms with Gasteiger partial charge in [-0.25, -0.2) is 4.79 Å². The molecule has 1 heterocycles. The van der Waals surface area contributed by atoms with Crippen LogP contribution in [-0.2, 0) is 9.59 Å². The fraction of sp³-hybridized carbons (Fsp3) is 0.800. The number of hydrogen-bond acceptors (Lipinski definition) is 3. The molecule has 0 unspecified atom stereocenters. The minimum Gasteiger partial charge on any atom is -0.277 e. The van der Waals surface area contributed by atoms with Crippen molar-refractivity contribution in [3.05, 3.63) is 0 Å². The molecular weight excluding hydrogens is 256 g/mol. The van der Waals surface area contributed by atoms with Gasteiger partial charge in [0.25, 0.3) is 0 Å². The van der Waals surface area contributed by atoms with Gasteiger partial charge in [0.1, 0.15) is 5.41 Å². The van der Waals surface area contributed by atoms with Crippen molar-refractivity contribution < 1.29 is 14.4 Å². The average Bonchev–Trinajstić information content (AvgIpc) is 2.88. The van der Waals surface area contributed by atoms with Gasteiger partial charge in [-0.1, -0.05) is 32.1 Å². The molecule has 1 spiro atoms. The summed E-state index contributed by atoms with van der Waals surface area (Å²) in [5, 5.41) is 2.44. The quantitative estimate of drug-likeness (QED) is 0.749. The summed E-state index contributed by atoms with van der Waals surface area (Å²) < 4.78 is 0. The molecule has 0 bridgehead atoms. The molecule has 3 fully saturated rings. The summed E-state index contributed by atoms with van der Waals surface area (Å²) in [5.41, 5.74) is -1.38. The van der Waals surface area contributed by atoms with Crippen LogP contribution in [0.3, 0.4) is 0 Å². The van der Waals surface area contributed by atoms with E-state index in [0.717, 1.165) is 44.9 Å². The zero-order valence-corrected chi connectivity index (χ0v) is 12.0. The van der Waals surface area contributed by atoms with Crippen molar-refractivity contribution in [2.75, 3.05) is 0 Å². The number of rotatable bonds is 1. The molecule has 110 valence electrons. The van der Waals surface area contributed by atoms with Gasteiger partial charge >= 0.3 is 6.03 Å². The van der Waals surface area contributed by atoms with E-state index in [1.54, 1.807) is 0 Å². The highest BCUT2D eigenvalue weighted by molar-refractivity contribution is 6.19. The molecule has 1 aliphatic heterocycles. The minimum absolute atomic E-state index is 0.242. The highest BCUT2D eigenvalue weighted by Crippen LogP contribution is 2.45. The van der Waals surface area contributed by atoms with Gasteiger partial charge in [0, 0.05) is 5.54 Å². The normalized spacial score (nSPS) is 28.9. The molecule has 0 aromatic heterocycles. The van der Waals surface area contributed by atoms with Gasteiger partial charge in [-0.05, 0) is 32.6 Å². The van der Waals surface area contributed by atoms with Crippen LogP contribution in [0, 0.1) is 5.41 Å². The molecule has 3 aliphatic rings. The predicted octanol–water partition coefficient (Wildman–Crippen LogP) is 2.35. The Morgan fingerprint density at radius 3 is 2.05 bits per heavy atom. The number of barbiturate groups is 1. The first-order chi connectivity index (χ1) is 9.50. The van der Waals surface area contributed by atoms with E-state index in [2.05, 4.69) is 5.32 Å². The van der Waals surface area contributed by atoms with Gasteiger partial charge in [0.15, 0.2) is 0 Å². The van der Waals surface area contributed by atoms with Crippen molar-refractivity contribution in [3.8, 4) is 0 Å². The Labute approximate surface area is 119 Å². The van der Waals surface area contributed by atoms with Crippen molar-refractivity contribution in [2.24, 2.45) is 5.41 Å². The first-order valence-electron chi connectivity index (χ1n) is 7.70. The molecule has 5 heteroatoms. The molecule has 0 aromatic rings. The van der Waals surface area contributed by atoms with Crippen LogP contribution in [0.2, 0.25) is 0 Å². The Bertz CT molecular complexity index is 460. The van der Waals surface area contributed by atoms with Crippen molar-refractivity contribution in [3.63, 3.8) is 0 Å². The van der Waals surface area contributed by atoms with E-state index < -0.39 is 17.0 Å². The lowest BCUT2D eigenvalue weighted by molar-refractivity contribution is -0.155. The van der Waals surface area contributed by atoms with E-state index in [0.29, 0.717) is 12.8 Å². The lowest BCUT2D eigenvalue weighted by atomic mass is 9.76. The lowest BCUT2D eigenvalue weighted by Crippen LogP contribution is -2.68. The van der Waals surface area contributed by atoms with Gasteiger partial charge < -0.3 is 0 Å². The zero-order chi connectivity index (χ0) is 14.4. The standard InChI is InChI=1S/C15H22N2O3/c1-14(7-3-2-4-8-14)17-12(19)15(9-5-6-10-15)11(18)16-13(17)20/h2-10H2,1H3,(H,16,18,20). The van der Waals surface area contributed by atoms with Gasteiger partial charge in [-0.15, -0.1) is 0 Å². The second kappa shape index (κ2) is 4.57. The predicted molar refractivity (Wildman–Crippen MR) is 72.8 cm³/mol. The summed E-state index contributed by atoms with van der Waals surface area (Å²) in [4.78, 5) is 38.7. The molecule has 0 aromatic carbocycles. The second-order valence-corrected chi connectivity index (χ2v) is 6.75. The SMILES string of the molecule is CC1(N2C(=O)NC(=O)C3(CCCC3)C2=O)CCCCC1. The van der Waals surface area contributed by atoms with Gasteiger partial charge in [0.05, 0.1) is 0 Å². The third kappa shape index (κ3) is 1.79. The van der Waals surface area contributed by atoms with Crippen molar-refractivity contribution in [1.29, 1.82) is 0 Å². The molecule has 0 radical (unpaired) electrons. The summed E-state index contributed by atoms with van der Waals surface area (Å²) >= 11 is 0. The monoisotopic (exact) mass is 278 g/mol. The molecule has 4 amide bonds. The summed E-state index contributed by atoms with van der Waals surface area (Å²) in [7, 11) is 0. The van der Waals surface area contributed by atoms with Gasteiger partial charge in [-0.3, -0.25) is 19.8 Å². The molecule has 1 N–H and O–H groups in total. The highest BCUT2D eigenvalue weighted by Gasteiger charge is 2.58. The van der Waals surface area contributed by atoms with Crippen LogP contribution in [0.25, 0.3) is 0 Å². The average molecular weight is 278 g/mol. The Morgan fingerprint density at radius 1 is 0.900 bits per heavy atom. The van der Waals surface area contributed by atoms with Crippen molar-refractivity contribution in [2.45, 2.75) is 70.3 Å². The van der Waals surface area contributed by atoms with Crippen LogP contribution in [0.1, 0.15) is 64.7 Å². The molecular formula is C15H22N2O3. The van der Waals surface area contributed by atoms with Crippen molar-refractivity contribution >= 4 is 17.8 Å². The van der Waals surface area contributed by atoms with Crippen molar-refractivity contribution in [1.82, 2.24) is 10.2 Å². The van der Waals surface area contributed by atoms with Crippen LogP contribution in [0.4, 0.5) is 4.79 Å². The minimum atomic E-state index is -0.964. The third-order valence-electron chi connectivity index (χ3n) is 5.40. The van der Waals surface area contributed by atoms with E-state index in [1.807, 2.05) is 6.92 Å². The van der Waals surface area contributed by atoms with E-state index in [1.165, 1.54) is 4.90 Å². The Kier molecular flexibility index (Phi) is 3.10. The first-order valence-corrected chi connectivity index (χ1v) is 7.70. The molecule has 0 atom stereocenters. The highest BCUT2D eigenvalue weighted by atomic mass is 16.2. The molecule has 3 rings (SSSR count). The smallest absolute Gasteiger partial charge is 0.277 e. The number of nitrogens with zero attached hydrogens (tertiary/aromatic N) is 1. The summed E-state index contributed by atoms with van der Waals surface area (Å²) in [6.07, 6.45) is 7.85. The summed E-state index contributed by atoms with van der Waals surface area (Å²) in [6.45, 7) is 1.99.